The number of aryl methyl sites for hydroxylation is 1. The molecule has 0 spiro atoms. The maximum absolute atomic E-state index is 6.23. The second-order valence-corrected chi connectivity index (χ2v) is 6.19. The van der Waals surface area contributed by atoms with Gasteiger partial charge in [-0.3, -0.25) is 0 Å². The Balaban J connectivity index is 1.92. The van der Waals surface area contributed by atoms with Crippen molar-refractivity contribution in [3.05, 3.63) is 57.9 Å². The van der Waals surface area contributed by atoms with E-state index >= 15 is 0 Å². The van der Waals surface area contributed by atoms with E-state index in [1.807, 2.05) is 30.3 Å². The molecule has 0 aliphatic rings. The van der Waals surface area contributed by atoms with Crippen molar-refractivity contribution in [2.45, 2.75) is 13.0 Å². The third-order valence-electron chi connectivity index (χ3n) is 2.92. The lowest BCUT2D eigenvalue weighted by atomic mass is 10.1. The van der Waals surface area contributed by atoms with Crippen LogP contribution in [0.5, 0.6) is 0 Å². The van der Waals surface area contributed by atoms with E-state index in [-0.39, 0.29) is 6.04 Å². The second kappa shape index (κ2) is 5.21. The molecule has 2 heterocycles. The SMILES string of the molecule is Cc1ccsc1-c1nnc(C(N)c2ccccc2)s1. The normalized spacial score (nSPS) is 12.5. The summed E-state index contributed by atoms with van der Waals surface area (Å²) in [6.07, 6.45) is 0. The highest BCUT2D eigenvalue weighted by atomic mass is 32.1. The first kappa shape index (κ1) is 12.5. The summed E-state index contributed by atoms with van der Waals surface area (Å²) >= 11 is 3.26. The van der Waals surface area contributed by atoms with Gasteiger partial charge in [0.15, 0.2) is 5.01 Å². The van der Waals surface area contributed by atoms with E-state index in [0.29, 0.717) is 0 Å². The molecule has 1 atom stereocenters. The topological polar surface area (TPSA) is 51.8 Å². The number of aromatic nitrogens is 2. The van der Waals surface area contributed by atoms with Crippen LogP contribution < -0.4 is 5.73 Å². The minimum Gasteiger partial charge on any atom is -0.318 e. The van der Waals surface area contributed by atoms with Gasteiger partial charge in [0.05, 0.1) is 10.9 Å². The number of hydrogen-bond acceptors (Lipinski definition) is 5. The minimum absolute atomic E-state index is 0.201. The largest absolute Gasteiger partial charge is 0.318 e. The Bertz CT molecular complexity index is 673. The van der Waals surface area contributed by atoms with E-state index in [1.165, 1.54) is 10.4 Å². The Hall–Kier alpha value is -1.56. The number of rotatable bonds is 3. The van der Waals surface area contributed by atoms with Crippen molar-refractivity contribution in [2.75, 3.05) is 0 Å². The number of thiophene rings is 1. The molecular formula is C14H13N3S2. The molecule has 5 heteroatoms. The molecule has 0 amide bonds. The quantitative estimate of drug-likeness (QED) is 0.800. The summed E-state index contributed by atoms with van der Waals surface area (Å²) in [6, 6.07) is 11.9. The van der Waals surface area contributed by atoms with E-state index in [0.717, 1.165) is 15.6 Å². The van der Waals surface area contributed by atoms with Crippen LogP contribution in [0.3, 0.4) is 0 Å². The van der Waals surface area contributed by atoms with Crippen LogP contribution in [0, 0.1) is 6.92 Å². The van der Waals surface area contributed by atoms with E-state index in [9.17, 15) is 0 Å². The number of benzene rings is 1. The molecule has 0 aliphatic carbocycles. The predicted octanol–water partition coefficient (Wildman–Crippen LogP) is 3.62. The maximum Gasteiger partial charge on any atom is 0.158 e. The molecule has 1 aromatic carbocycles. The number of hydrogen-bond donors (Lipinski definition) is 1. The molecule has 0 bridgehead atoms. The van der Waals surface area contributed by atoms with Gasteiger partial charge in [-0.2, -0.15) is 0 Å². The lowest BCUT2D eigenvalue weighted by Gasteiger charge is -2.06. The van der Waals surface area contributed by atoms with Crippen LogP contribution in [0.25, 0.3) is 9.88 Å². The smallest absolute Gasteiger partial charge is 0.158 e. The molecule has 3 rings (SSSR count). The van der Waals surface area contributed by atoms with E-state index in [2.05, 4.69) is 28.6 Å². The van der Waals surface area contributed by atoms with E-state index < -0.39 is 0 Å². The van der Waals surface area contributed by atoms with Gasteiger partial charge >= 0.3 is 0 Å². The van der Waals surface area contributed by atoms with Gasteiger partial charge in [-0.25, -0.2) is 0 Å². The van der Waals surface area contributed by atoms with E-state index in [4.69, 9.17) is 5.73 Å². The van der Waals surface area contributed by atoms with Gasteiger partial charge < -0.3 is 5.73 Å². The molecule has 0 fully saturated rings. The van der Waals surface area contributed by atoms with Crippen molar-refractivity contribution >= 4 is 22.7 Å². The lowest BCUT2D eigenvalue weighted by Crippen LogP contribution is -2.11. The van der Waals surface area contributed by atoms with Gasteiger partial charge in [0.25, 0.3) is 0 Å². The van der Waals surface area contributed by atoms with Crippen LogP contribution in [0.1, 0.15) is 22.2 Å². The van der Waals surface area contributed by atoms with Crippen molar-refractivity contribution in [2.24, 2.45) is 5.73 Å². The Morgan fingerprint density at radius 3 is 2.58 bits per heavy atom. The molecule has 2 aromatic heterocycles. The Labute approximate surface area is 119 Å². The summed E-state index contributed by atoms with van der Waals surface area (Å²) in [7, 11) is 0. The van der Waals surface area contributed by atoms with Gasteiger partial charge in [0.2, 0.25) is 0 Å². The van der Waals surface area contributed by atoms with Gasteiger partial charge in [0, 0.05) is 0 Å². The van der Waals surface area contributed by atoms with Crippen LogP contribution in [0.2, 0.25) is 0 Å². The molecule has 2 N–H and O–H groups in total. The van der Waals surface area contributed by atoms with Crippen molar-refractivity contribution in [1.29, 1.82) is 0 Å². The average molecular weight is 287 g/mol. The summed E-state index contributed by atoms with van der Waals surface area (Å²) in [5.41, 5.74) is 8.53. The number of nitrogens with two attached hydrogens (primary N) is 1. The first-order valence-electron chi connectivity index (χ1n) is 5.94. The van der Waals surface area contributed by atoms with Crippen LogP contribution in [-0.2, 0) is 0 Å². The summed E-state index contributed by atoms with van der Waals surface area (Å²) in [5.74, 6) is 0. The van der Waals surface area contributed by atoms with Crippen LogP contribution in [0.15, 0.2) is 41.8 Å². The highest BCUT2D eigenvalue weighted by Crippen LogP contribution is 2.33. The highest BCUT2D eigenvalue weighted by Gasteiger charge is 2.16. The fraction of sp³-hybridized carbons (Fsp3) is 0.143. The third kappa shape index (κ3) is 2.45. The Morgan fingerprint density at radius 1 is 1.11 bits per heavy atom. The number of nitrogens with zero attached hydrogens (tertiary/aromatic N) is 2. The first-order valence-corrected chi connectivity index (χ1v) is 7.63. The van der Waals surface area contributed by atoms with E-state index in [1.54, 1.807) is 22.7 Å². The fourth-order valence-electron chi connectivity index (χ4n) is 1.85. The van der Waals surface area contributed by atoms with Gasteiger partial charge in [0.1, 0.15) is 5.01 Å². The molecule has 3 nitrogen and oxygen atoms in total. The third-order valence-corrected chi connectivity index (χ3v) is 5.10. The molecule has 0 radical (unpaired) electrons. The zero-order valence-electron chi connectivity index (χ0n) is 10.4. The standard InChI is InChI=1S/C14H13N3S2/c1-9-7-8-18-12(9)14-17-16-13(19-14)11(15)10-5-3-2-4-6-10/h2-8,11H,15H2,1H3. The van der Waals surface area contributed by atoms with Gasteiger partial charge in [-0.1, -0.05) is 41.7 Å². The summed E-state index contributed by atoms with van der Waals surface area (Å²) in [4.78, 5) is 1.18. The summed E-state index contributed by atoms with van der Waals surface area (Å²) in [5, 5.41) is 12.4. The molecule has 19 heavy (non-hydrogen) atoms. The van der Waals surface area contributed by atoms with Crippen molar-refractivity contribution in [3.63, 3.8) is 0 Å². The molecular weight excluding hydrogens is 274 g/mol. The van der Waals surface area contributed by atoms with Gasteiger partial charge in [-0.05, 0) is 29.5 Å². The highest BCUT2D eigenvalue weighted by molar-refractivity contribution is 7.21. The lowest BCUT2D eigenvalue weighted by molar-refractivity contribution is 0.831. The van der Waals surface area contributed by atoms with Crippen LogP contribution in [-0.4, -0.2) is 10.2 Å². The summed E-state index contributed by atoms with van der Waals surface area (Å²) < 4.78 is 0. The zero-order valence-corrected chi connectivity index (χ0v) is 12.0. The Kier molecular flexibility index (Phi) is 3.42. The minimum atomic E-state index is -0.201. The second-order valence-electron chi connectivity index (χ2n) is 4.27. The molecule has 0 saturated heterocycles. The molecule has 1 unspecified atom stereocenters. The van der Waals surface area contributed by atoms with Crippen LogP contribution >= 0.6 is 22.7 Å². The molecule has 3 aromatic rings. The van der Waals surface area contributed by atoms with Gasteiger partial charge in [-0.15, -0.1) is 21.5 Å². The average Bonchev–Trinajstić information content (AvgIpc) is 3.07. The molecule has 0 aliphatic heterocycles. The monoisotopic (exact) mass is 287 g/mol. The zero-order chi connectivity index (χ0) is 13.2. The van der Waals surface area contributed by atoms with Crippen molar-refractivity contribution in [3.8, 4) is 9.88 Å². The molecule has 96 valence electrons. The predicted molar refractivity (Wildman–Crippen MR) is 80.4 cm³/mol. The summed E-state index contributed by atoms with van der Waals surface area (Å²) in [6.45, 7) is 2.09. The maximum atomic E-state index is 6.23. The molecule has 0 saturated carbocycles. The van der Waals surface area contributed by atoms with Crippen molar-refractivity contribution in [1.82, 2.24) is 10.2 Å². The van der Waals surface area contributed by atoms with Crippen molar-refractivity contribution < 1.29 is 0 Å². The fourth-order valence-corrected chi connectivity index (χ4v) is 3.80. The Morgan fingerprint density at radius 2 is 1.89 bits per heavy atom. The first-order chi connectivity index (χ1) is 9.25. The van der Waals surface area contributed by atoms with Crippen LogP contribution in [0.4, 0.5) is 0 Å².